The van der Waals surface area contributed by atoms with E-state index < -0.39 is 0 Å². The number of rotatable bonds is 4. The molecule has 0 amide bonds. The summed E-state index contributed by atoms with van der Waals surface area (Å²) < 4.78 is 2.65. The van der Waals surface area contributed by atoms with Gasteiger partial charge in [-0.2, -0.15) is 0 Å². The van der Waals surface area contributed by atoms with Gasteiger partial charge in [0.25, 0.3) is 0 Å². The Kier molecular flexibility index (Phi) is 5.75. The van der Waals surface area contributed by atoms with Crippen molar-refractivity contribution < 1.29 is 0 Å². The fourth-order valence-electron chi connectivity index (χ4n) is 6.83. The average Bonchev–Trinajstić information content (AvgIpc) is 3.48. The van der Waals surface area contributed by atoms with E-state index in [1.807, 2.05) is 11.3 Å². The largest absolute Gasteiger partial charge is 0.355 e. The Bertz CT molecular complexity index is 2490. The van der Waals surface area contributed by atoms with Gasteiger partial charge in [-0.25, -0.2) is 0 Å². The minimum absolute atomic E-state index is 1.08. The molecule has 0 unspecified atom stereocenters. The highest BCUT2D eigenvalue weighted by molar-refractivity contribution is 7.25. The van der Waals surface area contributed by atoms with Crippen LogP contribution in [0, 0.1) is 0 Å². The normalized spacial score (nSPS) is 11.6. The maximum Gasteiger partial charge on any atom is 0.0464 e. The summed E-state index contributed by atoms with van der Waals surface area (Å²) in [6, 6.07) is 57.3. The zero-order valence-corrected chi connectivity index (χ0v) is 24.7. The molecule has 1 aromatic heterocycles. The smallest absolute Gasteiger partial charge is 0.0464 e. The molecule has 0 fully saturated rings. The van der Waals surface area contributed by atoms with Crippen molar-refractivity contribution in [2.45, 2.75) is 0 Å². The Morgan fingerprint density at radius 3 is 1.73 bits per heavy atom. The first-order chi connectivity index (χ1) is 21.8. The van der Waals surface area contributed by atoms with Crippen LogP contribution < -0.4 is 5.32 Å². The van der Waals surface area contributed by atoms with Crippen LogP contribution in [0.3, 0.4) is 0 Å². The van der Waals surface area contributed by atoms with Gasteiger partial charge >= 0.3 is 0 Å². The highest BCUT2D eigenvalue weighted by atomic mass is 32.1. The van der Waals surface area contributed by atoms with E-state index in [4.69, 9.17) is 0 Å². The van der Waals surface area contributed by atoms with Crippen LogP contribution in [0.2, 0.25) is 0 Å². The van der Waals surface area contributed by atoms with Crippen molar-refractivity contribution in [2.24, 2.45) is 0 Å². The van der Waals surface area contributed by atoms with Crippen LogP contribution in [0.5, 0.6) is 0 Å². The molecule has 0 radical (unpaired) electrons. The van der Waals surface area contributed by atoms with E-state index in [0.717, 1.165) is 11.4 Å². The lowest BCUT2D eigenvalue weighted by Gasteiger charge is -2.17. The Morgan fingerprint density at radius 2 is 0.977 bits per heavy atom. The first kappa shape index (κ1) is 25.1. The van der Waals surface area contributed by atoms with Crippen LogP contribution in [0.1, 0.15) is 0 Å². The van der Waals surface area contributed by atoms with Gasteiger partial charge in [0.2, 0.25) is 0 Å². The van der Waals surface area contributed by atoms with Crippen LogP contribution in [0.25, 0.3) is 74.7 Å². The average molecular weight is 578 g/mol. The molecule has 0 aliphatic heterocycles. The van der Waals surface area contributed by atoms with E-state index >= 15 is 0 Å². The maximum atomic E-state index is 3.82. The summed E-state index contributed by atoms with van der Waals surface area (Å²) in [5, 5.41) is 14.2. The van der Waals surface area contributed by atoms with Gasteiger partial charge in [-0.15, -0.1) is 11.3 Å². The molecule has 9 aromatic rings. The number of hydrogen-bond donors (Lipinski definition) is 1. The summed E-state index contributed by atoms with van der Waals surface area (Å²) in [6.07, 6.45) is 0. The van der Waals surface area contributed by atoms with Gasteiger partial charge < -0.3 is 5.32 Å². The number of fused-ring (bicyclic) bond motifs is 9. The zero-order chi connectivity index (χ0) is 29.0. The third-order valence-electron chi connectivity index (χ3n) is 8.84. The van der Waals surface area contributed by atoms with Gasteiger partial charge in [0, 0.05) is 37.1 Å². The van der Waals surface area contributed by atoms with E-state index in [2.05, 4.69) is 163 Å². The van der Waals surface area contributed by atoms with E-state index in [-0.39, 0.29) is 0 Å². The molecular formula is C42H27NS. The summed E-state index contributed by atoms with van der Waals surface area (Å²) >= 11 is 1.87. The second-order valence-electron chi connectivity index (χ2n) is 11.4. The molecular weight excluding hydrogens is 551 g/mol. The van der Waals surface area contributed by atoms with Crippen molar-refractivity contribution in [2.75, 3.05) is 5.32 Å². The Balaban J connectivity index is 1.21. The van der Waals surface area contributed by atoms with E-state index in [0.29, 0.717) is 0 Å². The first-order valence-corrected chi connectivity index (χ1v) is 15.8. The summed E-state index contributed by atoms with van der Waals surface area (Å²) in [5.41, 5.74) is 7.03. The number of anilines is 2. The Hall–Kier alpha value is -5.44. The maximum absolute atomic E-state index is 3.82. The van der Waals surface area contributed by atoms with Crippen LogP contribution >= 0.6 is 11.3 Å². The van der Waals surface area contributed by atoms with Gasteiger partial charge in [0.1, 0.15) is 0 Å². The highest BCUT2D eigenvalue weighted by Gasteiger charge is 2.14. The van der Waals surface area contributed by atoms with Crippen molar-refractivity contribution in [3.8, 4) is 22.3 Å². The van der Waals surface area contributed by atoms with Gasteiger partial charge in [-0.05, 0) is 85.4 Å². The van der Waals surface area contributed by atoms with Crippen LogP contribution in [-0.4, -0.2) is 0 Å². The second-order valence-corrected chi connectivity index (χ2v) is 12.5. The predicted molar refractivity (Wildman–Crippen MR) is 192 cm³/mol. The number of hydrogen-bond acceptors (Lipinski definition) is 2. The number of nitrogens with one attached hydrogen (secondary N) is 1. The second kappa shape index (κ2) is 10.1. The van der Waals surface area contributed by atoms with E-state index in [1.54, 1.807) is 0 Å². The molecule has 0 aliphatic carbocycles. The number of benzene rings is 8. The summed E-state index contributed by atoms with van der Waals surface area (Å²) in [6.45, 7) is 0. The number of thiophene rings is 1. The third kappa shape index (κ3) is 4.00. The topological polar surface area (TPSA) is 12.0 Å². The molecule has 9 rings (SSSR count). The van der Waals surface area contributed by atoms with Crippen molar-refractivity contribution in [3.63, 3.8) is 0 Å². The molecule has 8 aromatic carbocycles. The molecule has 44 heavy (non-hydrogen) atoms. The quantitative estimate of drug-likeness (QED) is 0.205. The van der Waals surface area contributed by atoms with E-state index in [1.165, 1.54) is 74.7 Å². The summed E-state index contributed by atoms with van der Waals surface area (Å²) in [4.78, 5) is 0. The van der Waals surface area contributed by atoms with Crippen molar-refractivity contribution in [1.29, 1.82) is 0 Å². The van der Waals surface area contributed by atoms with Gasteiger partial charge in [-0.1, -0.05) is 121 Å². The van der Waals surface area contributed by atoms with Crippen LogP contribution in [-0.2, 0) is 0 Å². The molecule has 0 atom stereocenters. The summed E-state index contributed by atoms with van der Waals surface area (Å²) in [5.74, 6) is 0. The van der Waals surface area contributed by atoms with Gasteiger partial charge in [-0.3, -0.25) is 0 Å². The Labute approximate surface area is 259 Å². The van der Waals surface area contributed by atoms with Crippen molar-refractivity contribution in [1.82, 2.24) is 0 Å². The highest BCUT2D eigenvalue weighted by Crippen LogP contribution is 2.43. The summed E-state index contributed by atoms with van der Waals surface area (Å²) in [7, 11) is 0. The molecule has 0 bridgehead atoms. The van der Waals surface area contributed by atoms with Crippen LogP contribution in [0.15, 0.2) is 158 Å². The molecule has 0 saturated heterocycles. The van der Waals surface area contributed by atoms with E-state index in [9.17, 15) is 0 Å². The standard InChI is InChI=1S/C42H27NS/c1-2-11-27(12-3-1)37-25-28(30-18-10-20-41-42(30)36-17-8-9-19-40(36)44-41)21-24-39(37)43-29-22-23-35-33-15-5-4-13-31(33)32-14-6-7-16-34(32)38(35)26-29/h1-26,43H. The lowest BCUT2D eigenvalue weighted by Crippen LogP contribution is -1.95. The molecule has 0 spiro atoms. The zero-order valence-electron chi connectivity index (χ0n) is 23.9. The lowest BCUT2D eigenvalue weighted by atomic mass is 9.93. The molecule has 1 heterocycles. The monoisotopic (exact) mass is 577 g/mol. The van der Waals surface area contributed by atoms with Crippen LogP contribution in [0.4, 0.5) is 11.4 Å². The lowest BCUT2D eigenvalue weighted by molar-refractivity contribution is 1.54. The third-order valence-corrected chi connectivity index (χ3v) is 9.98. The van der Waals surface area contributed by atoms with Gasteiger partial charge in [0.15, 0.2) is 0 Å². The van der Waals surface area contributed by atoms with Gasteiger partial charge in [0.05, 0.1) is 0 Å². The van der Waals surface area contributed by atoms with Crippen molar-refractivity contribution in [3.05, 3.63) is 158 Å². The fraction of sp³-hybridized carbons (Fsp3) is 0. The minimum atomic E-state index is 1.08. The molecule has 206 valence electrons. The molecule has 1 N–H and O–H groups in total. The molecule has 0 aliphatic rings. The molecule has 0 saturated carbocycles. The first-order valence-electron chi connectivity index (χ1n) is 15.0. The predicted octanol–water partition coefficient (Wildman–Crippen LogP) is 12.6. The SMILES string of the molecule is c1ccc(-c2cc(-c3cccc4sc5ccccc5c34)ccc2Nc2ccc3c4ccccc4c4ccccc4c3c2)cc1. The molecule has 1 nitrogen and oxygen atoms in total. The minimum Gasteiger partial charge on any atom is -0.355 e. The fourth-order valence-corrected chi connectivity index (χ4v) is 7.97. The molecule has 2 heteroatoms. The van der Waals surface area contributed by atoms with Crippen molar-refractivity contribution >= 4 is 75.2 Å². The Morgan fingerprint density at radius 1 is 0.364 bits per heavy atom.